The van der Waals surface area contributed by atoms with Crippen molar-refractivity contribution in [3.63, 3.8) is 0 Å². The largest absolute Gasteiger partial charge is 0.493 e. The molecule has 0 aromatic heterocycles. The molecule has 1 saturated heterocycles. The van der Waals surface area contributed by atoms with Gasteiger partial charge in [0.1, 0.15) is 5.88 Å². The molecule has 3 aliphatic rings. The standard InChI is InChI=1S/C31H41ClN2O5/c1-6-19-18-33-9-7-20-13-27(36-2)29(38-4)15-23(20)25(33)11-22(19)12-26-24-16-30(39-5)28(37-3)14-21(24)8-10-34(26)31(35)17-32/h13-16,19,22,25-26H,6-12,17-18H2,1-5H3. The number of hydrogen-bond acceptors (Lipinski definition) is 6. The zero-order valence-electron chi connectivity index (χ0n) is 23.8. The van der Waals surface area contributed by atoms with E-state index in [9.17, 15) is 4.79 Å². The molecule has 212 valence electrons. The third-order valence-electron chi connectivity index (χ3n) is 9.26. The monoisotopic (exact) mass is 556 g/mol. The van der Waals surface area contributed by atoms with Gasteiger partial charge in [0.25, 0.3) is 0 Å². The van der Waals surface area contributed by atoms with Gasteiger partial charge in [0, 0.05) is 25.7 Å². The Labute approximate surface area is 237 Å². The van der Waals surface area contributed by atoms with Gasteiger partial charge in [0.15, 0.2) is 23.0 Å². The quantitative estimate of drug-likeness (QED) is 0.405. The van der Waals surface area contributed by atoms with Crippen LogP contribution in [0.4, 0.5) is 0 Å². The maximum atomic E-state index is 13.1. The summed E-state index contributed by atoms with van der Waals surface area (Å²) in [6, 6.07) is 8.79. The van der Waals surface area contributed by atoms with Crippen LogP contribution in [0.15, 0.2) is 24.3 Å². The Balaban J connectivity index is 1.50. The minimum atomic E-state index is -0.0427. The highest BCUT2D eigenvalue weighted by molar-refractivity contribution is 6.27. The van der Waals surface area contributed by atoms with Crippen LogP contribution in [0.5, 0.6) is 23.0 Å². The second-order valence-electron chi connectivity index (χ2n) is 11.0. The van der Waals surface area contributed by atoms with Crippen LogP contribution in [-0.2, 0) is 17.6 Å². The molecule has 1 amide bonds. The fourth-order valence-corrected chi connectivity index (χ4v) is 7.35. The number of ether oxygens (including phenoxy) is 4. The van der Waals surface area contributed by atoms with Crippen molar-refractivity contribution in [3.8, 4) is 23.0 Å². The van der Waals surface area contributed by atoms with Crippen LogP contribution in [0.3, 0.4) is 0 Å². The Hall–Kier alpha value is -2.64. The molecule has 39 heavy (non-hydrogen) atoms. The summed E-state index contributed by atoms with van der Waals surface area (Å²) in [6.07, 6.45) is 4.85. The van der Waals surface area contributed by atoms with Crippen LogP contribution in [0.2, 0.25) is 0 Å². The summed E-state index contributed by atoms with van der Waals surface area (Å²) in [5, 5.41) is 0. The number of fused-ring (bicyclic) bond motifs is 4. The number of carbonyl (C=O) groups is 1. The lowest BCUT2D eigenvalue weighted by Crippen LogP contribution is -2.48. The second kappa shape index (κ2) is 11.8. The highest BCUT2D eigenvalue weighted by Gasteiger charge is 2.42. The number of benzene rings is 2. The van der Waals surface area contributed by atoms with Gasteiger partial charge in [0.2, 0.25) is 5.91 Å². The van der Waals surface area contributed by atoms with E-state index < -0.39 is 0 Å². The van der Waals surface area contributed by atoms with Gasteiger partial charge in [-0.25, -0.2) is 0 Å². The molecule has 8 heteroatoms. The number of halogens is 1. The Morgan fingerprint density at radius 3 is 2.00 bits per heavy atom. The van der Waals surface area contributed by atoms with E-state index in [-0.39, 0.29) is 17.8 Å². The van der Waals surface area contributed by atoms with Gasteiger partial charge in [-0.15, -0.1) is 11.6 Å². The molecular weight excluding hydrogens is 516 g/mol. The third kappa shape index (κ3) is 5.16. The van der Waals surface area contributed by atoms with Crippen molar-refractivity contribution in [2.24, 2.45) is 11.8 Å². The molecule has 0 N–H and O–H groups in total. The van der Waals surface area contributed by atoms with E-state index in [1.165, 1.54) is 16.7 Å². The Morgan fingerprint density at radius 1 is 0.846 bits per heavy atom. The lowest BCUT2D eigenvalue weighted by atomic mass is 9.72. The zero-order valence-corrected chi connectivity index (χ0v) is 24.6. The molecule has 1 fully saturated rings. The molecule has 0 spiro atoms. The van der Waals surface area contributed by atoms with Crippen LogP contribution in [0.1, 0.15) is 60.5 Å². The summed E-state index contributed by atoms with van der Waals surface area (Å²) in [7, 11) is 6.73. The van der Waals surface area contributed by atoms with Gasteiger partial charge < -0.3 is 23.8 Å². The number of nitrogens with zero attached hydrogens (tertiary/aromatic N) is 2. The smallest absolute Gasteiger partial charge is 0.238 e. The average molecular weight is 557 g/mol. The van der Waals surface area contributed by atoms with Crippen molar-refractivity contribution >= 4 is 17.5 Å². The molecule has 2 aromatic rings. The predicted octanol–water partition coefficient (Wildman–Crippen LogP) is 5.42. The van der Waals surface area contributed by atoms with Crippen LogP contribution in [0, 0.1) is 11.8 Å². The molecule has 0 saturated carbocycles. The van der Waals surface area contributed by atoms with Gasteiger partial charge >= 0.3 is 0 Å². The molecular formula is C31H41ClN2O5. The maximum Gasteiger partial charge on any atom is 0.238 e. The summed E-state index contributed by atoms with van der Waals surface area (Å²) in [5.41, 5.74) is 5.08. The molecule has 5 rings (SSSR count). The number of alkyl halides is 1. The van der Waals surface area contributed by atoms with Crippen molar-refractivity contribution in [1.82, 2.24) is 9.80 Å². The molecule has 3 aliphatic heterocycles. The van der Waals surface area contributed by atoms with Crippen LogP contribution >= 0.6 is 11.6 Å². The van der Waals surface area contributed by atoms with Crippen molar-refractivity contribution in [2.75, 3.05) is 54.0 Å². The first-order valence-electron chi connectivity index (χ1n) is 14.0. The van der Waals surface area contributed by atoms with Crippen molar-refractivity contribution in [2.45, 2.75) is 51.1 Å². The minimum absolute atomic E-state index is 0.00701. The minimum Gasteiger partial charge on any atom is -0.493 e. The molecule has 4 unspecified atom stereocenters. The zero-order chi connectivity index (χ0) is 27.7. The van der Waals surface area contributed by atoms with E-state index in [4.69, 9.17) is 30.5 Å². The first-order chi connectivity index (χ1) is 19.0. The van der Waals surface area contributed by atoms with Gasteiger partial charge in [-0.05, 0) is 84.0 Å². The lowest BCUT2D eigenvalue weighted by Gasteiger charge is -2.49. The Morgan fingerprint density at radius 2 is 1.41 bits per heavy atom. The van der Waals surface area contributed by atoms with Crippen molar-refractivity contribution in [3.05, 3.63) is 46.5 Å². The third-order valence-corrected chi connectivity index (χ3v) is 9.49. The summed E-state index contributed by atoms with van der Waals surface area (Å²) in [5.74, 6) is 4.00. The second-order valence-corrected chi connectivity index (χ2v) is 11.2. The van der Waals surface area contributed by atoms with Gasteiger partial charge in [-0.3, -0.25) is 9.69 Å². The van der Waals surface area contributed by atoms with Crippen molar-refractivity contribution in [1.29, 1.82) is 0 Å². The number of hydrogen-bond donors (Lipinski definition) is 0. The fraction of sp³-hybridized carbons (Fsp3) is 0.581. The summed E-state index contributed by atoms with van der Waals surface area (Å²) in [6.45, 7) is 5.08. The summed E-state index contributed by atoms with van der Waals surface area (Å²) < 4.78 is 22.6. The highest BCUT2D eigenvalue weighted by Crippen LogP contribution is 2.49. The average Bonchev–Trinajstić information content (AvgIpc) is 2.98. The lowest BCUT2D eigenvalue weighted by molar-refractivity contribution is -0.132. The first-order valence-corrected chi connectivity index (χ1v) is 14.6. The first kappa shape index (κ1) is 27.9. The number of piperidine rings is 1. The molecule has 4 atom stereocenters. The maximum absolute atomic E-state index is 13.1. The number of methoxy groups -OCH3 is 4. The summed E-state index contributed by atoms with van der Waals surface area (Å²) in [4.78, 5) is 17.7. The normalized spacial score (nSPS) is 24.3. The van der Waals surface area contributed by atoms with Crippen LogP contribution in [0.25, 0.3) is 0 Å². The predicted molar refractivity (Wildman–Crippen MR) is 152 cm³/mol. The Bertz CT molecular complexity index is 1200. The van der Waals surface area contributed by atoms with Crippen LogP contribution < -0.4 is 18.9 Å². The number of rotatable bonds is 8. The number of carbonyl (C=O) groups excluding carboxylic acids is 1. The number of amides is 1. The SMILES string of the molecule is CCC1CN2CCc3cc(OC)c(OC)cc3C2CC1CC1c2cc(OC)c(OC)cc2CCN1C(=O)CCl. The highest BCUT2D eigenvalue weighted by atomic mass is 35.5. The van der Waals surface area contributed by atoms with Gasteiger partial charge in [-0.2, -0.15) is 0 Å². The molecule has 0 bridgehead atoms. The topological polar surface area (TPSA) is 60.5 Å². The molecule has 0 aliphatic carbocycles. The Kier molecular flexibility index (Phi) is 8.48. The fourth-order valence-electron chi connectivity index (χ4n) is 7.20. The van der Waals surface area contributed by atoms with E-state index in [2.05, 4.69) is 36.1 Å². The molecule has 7 nitrogen and oxygen atoms in total. The van der Waals surface area contributed by atoms with E-state index in [0.717, 1.165) is 68.0 Å². The molecule has 0 radical (unpaired) electrons. The van der Waals surface area contributed by atoms with E-state index >= 15 is 0 Å². The van der Waals surface area contributed by atoms with Crippen LogP contribution in [-0.4, -0.2) is 69.7 Å². The van der Waals surface area contributed by atoms with E-state index in [1.807, 2.05) is 4.90 Å². The molecule has 3 heterocycles. The van der Waals surface area contributed by atoms with E-state index in [1.54, 1.807) is 28.4 Å². The van der Waals surface area contributed by atoms with Crippen molar-refractivity contribution < 1.29 is 23.7 Å². The summed E-state index contributed by atoms with van der Waals surface area (Å²) >= 11 is 6.12. The van der Waals surface area contributed by atoms with Gasteiger partial charge in [-0.1, -0.05) is 13.3 Å². The molecule has 2 aromatic carbocycles. The van der Waals surface area contributed by atoms with Gasteiger partial charge in [0.05, 0.1) is 34.5 Å². The van der Waals surface area contributed by atoms with E-state index in [0.29, 0.717) is 30.2 Å².